The maximum absolute atomic E-state index is 11.9. The third-order valence-corrected chi connectivity index (χ3v) is 1.57. The number of aliphatic hydroxyl groups excluding tert-OH is 1. The fourth-order valence-corrected chi connectivity index (χ4v) is 0.867. The van der Waals surface area contributed by atoms with Crippen molar-refractivity contribution in [3.8, 4) is 0 Å². The minimum absolute atomic E-state index is 0.0475. The van der Waals surface area contributed by atoms with E-state index in [0.717, 1.165) is 12.2 Å². The predicted octanol–water partition coefficient (Wildman–Crippen LogP) is 2.90. The Morgan fingerprint density at radius 1 is 1.35 bits per heavy atom. The van der Waals surface area contributed by atoms with Crippen LogP contribution in [-0.4, -0.2) is 24.7 Å². The van der Waals surface area contributed by atoms with E-state index in [-0.39, 0.29) is 19.0 Å². The number of alkyl halides is 3. The minimum atomic E-state index is -4.76. The second kappa shape index (κ2) is 7.78. The molecule has 98 valence electrons. The summed E-state index contributed by atoms with van der Waals surface area (Å²) in [6.07, 6.45) is -0.858. The molecule has 0 bridgehead atoms. The van der Waals surface area contributed by atoms with Gasteiger partial charge in [-0.05, 0) is 19.1 Å². The van der Waals surface area contributed by atoms with Crippen LogP contribution in [0.2, 0.25) is 0 Å². The Hall–Kier alpha value is -1.43. The van der Waals surface area contributed by atoms with Crippen LogP contribution in [0.4, 0.5) is 13.2 Å². The summed E-state index contributed by atoms with van der Waals surface area (Å²) < 4.78 is 44.7. The van der Waals surface area contributed by atoms with Gasteiger partial charge in [-0.1, -0.05) is 6.58 Å². The zero-order valence-corrected chi connectivity index (χ0v) is 9.46. The van der Waals surface area contributed by atoms with E-state index in [4.69, 9.17) is 9.84 Å². The first kappa shape index (κ1) is 15.6. The molecule has 0 aliphatic carbocycles. The first-order valence-electron chi connectivity index (χ1n) is 4.92. The van der Waals surface area contributed by atoms with Gasteiger partial charge in [0.25, 0.3) is 0 Å². The molecule has 0 spiro atoms. The van der Waals surface area contributed by atoms with Gasteiger partial charge in [-0.3, -0.25) is 0 Å². The van der Waals surface area contributed by atoms with Crippen LogP contribution in [0.5, 0.6) is 0 Å². The van der Waals surface area contributed by atoms with Gasteiger partial charge >= 0.3 is 6.36 Å². The predicted molar refractivity (Wildman–Crippen MR) is 56.8 cm³/mol. The SMILES string of the molecule is C=C/C(=C\C(=C/C)OCCCO)OC(F)(F)F. The molecule has 0 rings (SSSR count). The summed E-state index contributed by atoms with van der Waals surface area (Å²) in [4.78, 5) is 0. The fraction of sp³-hybridized carbons (Fsp3) is 0.455. The number of allylic oxidation sites excluding steroid dienone is 3. The summed E-state index contributed by atoms with van der Waals surface area (Å²) in [5.41, 5.74) is 0. The van der Waals surface area contributed by atoms with E-state index in [2.05, 4.69) is 11.3 Å². The Bertz CT molecular complexity index is 293. The summed E-state index contributed by atoms with van der Waals surface area (Å²) >= 11 is 0. The van der Waals surface area contributed by atoms with Gasteiger partial charge in [-0.15, -0.1) is 13.2 Å². The first-order chi connectivity index (χ1) is 7.92. The molecule has 0 amide bonds. The Labute approximate surface area is 97.8 Å². The zero-order valence-electron chi connectivity index (χ0n) is 9.46. The summed E-state index contributed by atoms with van der Waals surface area (Å²) in [5.74, 6) is -0.229. The molecule has 6 heteroatoms. The Morgan fingerprint density at radius 2 is 2.00 bits per heavy atom. The largest absolute Gasteiger partial charge is 0.573 e. The molecule has 0 heterocycles. The molecular weight excluding hydrogens is 237 g/mol. The third-order valence-electron chi connectivity index (χ3n) is 1.57. The van der Waals surface area contributed by atoms with E-state index in [0.29, 0.717) is 6.42 Å². The molecule has 0 aromatic rings. The lowest BCUT2D eigenvalue weighted by Crippen LogP contribution is -2.12. The van der Waals surface area contributed by atoms with Crippen LogP contribution >= 0.6 is 0 Å². The van der Waals surface area contributed by atoms with Crippen molar-refractivity contribution in [1.82, 2.24) is 0 Å². The molecule has 0 aliphatic heterocycles. The van der Waals surface area contributed by atoms with Gasteiger partial charge in [0.05, 0.1) is 6.61 Å². The van der Waals surface area contributed by atoms with Crippen LogP contribution in [0.25, 0.3) is 0 Å². The highest BCUT2D eigenvalue weighted by Gasteiger charge is 2.31. The van der Waals surface area contributed by atoms with Crippen molar-refractivity contribution in [3.05, 3.63) is 36.3 Å². The van der Waals surface area contributed by atoms with Gasteiger partial charge in [-0.25, -0.2) is 0 Å². The quantitative estimate of drug-likeness (QED) is 0.430. The van der Waals surface area contributed by atoms with Gasteiger partial charge in [0.2, 0.25) is 0 Å². The van der Waals surface area contributed by atoms with Crippen molar-refractivity contribution in [3.63, 3.8) is 0 Å². The van der Waals surface area contributed by atoms with Crippen LogP contribution in [0.1, 0.15) is 13.3 Å². The fourth-order valence-electron chi connectivity index (χ4n) is 0.867. The molecule has 0 saturated heterocycles. The molecule has 0 aliphatic rings. The normalized spacial score (nSPS) is 13.5. The van der Waals surface area contributed by atoms with Crippen molar-refractivity contribution >= 4 is 0 Å². The molecule has 0 aromatic carbocycles. The standard InChI is InChI=1S/C11H15F3O3/c1-3-9(16-7-5-6-15)8-10(4-2)17-11(12,13)14/h3-4,8,15H,2,5-7H2,1H3/b9-3+,10-8+. The second-order valence-corrected chi connectivity index (χ2v) is 2.92. The molecule has 0 radical (unpaired) electrons. The molecular formula is C11H15F3O3. The average molecular weight is 252 g/mol. The van der Waals surface area contributed by atoms with Gasteiger partial charge < -0.3 is 14.6 Å². The topological polar surface area (TPSA) is 38.7 Å². The molecule has 0 saturated carbocycles. The van der Waals surface area contributed by atoms with Crippen LogP contribution < -0.4 is 0 Å². The second-order valence-electron chi connectivity index (χ2n) is 2.92. The van der Waals surface area contributed by atoms with E-state index in [1.807, 2.05) is 0 Å². The van der Waals surface area contributed by atoms with Gasteiger partial charge in [0.15, 0.2) is 0 Å². The van der Waals surface area contributed by atoms with Crippen molar-refractivity contribution in [2.45, 2.75) is 19.7 Å². The van der Waals surface area contributed by atoms with Crippen molar-refractivity contribution in [1.29, 1.82) is 0 Å². The Balaban J connectivity index is 4.51. The maximum atomic E-state index is 11.9. The molecule has 0 unspecified atom stereocenters. The lowest BCUT2D eigenvalue weighted by atomic mass is 10.3. The minimum Gasteiger partial charge on any atom is -0.494 e. The lowest BCUT2D eigenvalue weighted by Gasteiger charge is -2.11. The highest BCUT2D eigenvalue weighted by Crippen LogP contribution is 2.22. The van der Waals surface area contributed by atoms with E-state index >= 15 is 0 Å². The Kier molecular flexibility index (Phi) is 7.13. The number of aliphatic hydroxyl groups is 1. The summed E-state index contributed by atoms with van der Waals surface area (Å²) in [5, 5.41) is 8.53. The molecule has 1 N–H and O–H groups in total. The van der Waals surface area contributed by atoms with E-state index in [1.54, 1.807) is 6.92 Å². The van der Waals surface area contributed by atoms with Gasteiger partial charge in [0.1, 0.15) is 11.5 Å². The summed E-state index contributed by atoms with van der Waals surface area (Å²) in [6.45, 7) is 4.99. The Morgan fingerprint density at radius 3 is 2.41 bits per heavy atom. The first-order valence-corrected chi connectivity index (χ1v) is 4.92. The van der Waals surface area contributed by atoms with Crippen LogP contribution in [0.15, 0.2) is 36.3 Å². The summed E-state index contributed by atoms with van der Waals surface area (Å²) in [6, 6.07) is 0. The van der Waals surface area contributed by atoms with Crippen molar-refractivity contribution in [2.24, 2.45) is 0 Å². The monoisotopic (exact) mass is 252 g/mol. The lowest BCUT2D eigenvalue weighted by molar-refractivity contribution is -0.303. The van der Waals surface area contributed by atoms with Crippen LogP contribution in [0.3, 0.4) is 0 Å². The van der Waals surface area contributed by atoms with Gasteiger partial charge in [-0.2, -0.15) is 0 Å². The number of halogens is 3. The smallest absolute Gasteiger partial charge is 0.494 e. The highest BCUT2D eigenvalue weighted by atomic mass is 19.4. The molecule has 0 atom stereocenters. The molecule has 0 aromatic heterocycles. The van der Waals surface area contributed by atoms with E-state index < -0.39 is 12.1 Å². The zero-order chi connectivity index (χ0) is 13.3. The third kappa shape index (κ3) is 8.38. The number of rotatable bonds is 7. The van der Waals surface area contributed by atoms with Crippen molar-refractivity contribution < 1.29 is 27.8 Å². The van der Waals surface area contributed by atoms with Gasteiger partial charge in [0, 0.05) is 19.1 Å². The van der Waals surface area contributed by atoms with E-state index in [9.17, 15) is 13.2 Å². The molecule has 0 fully saturated rings. The number of hydrogen-bond acceptors (Lipinski definition) is 3. The van der Waals surface area contributed by atoms with Crippen molar-refractivity contribution in [2.75, 3.05) is 13.2 Å². The number of ether oxygens (including phenoxy) is 2. The maximum Gasteiger partial charge on any atom is 0.573 e. The highest BCUT2D eigenvalue weighted by molar-refractivity contribution is 5.21. The van der Waals surface area contributed by atoms with Crippen LogP contribution in [-0.2, 0) is 9.47 Å². The number of hydrogen-bond donors (Lipinski definition) is 1. The molecule has 17 heavy (non-hydrogen) atoms. The molecule has 3 nitrogen and oxygen atoms in total. The summed E-state index contributed by atoms with van der Waals surface area (Å²) in [7, 11) is 0. The average Bonchev–Trinajstić information content (AvgIpc) is 2.25. The van der Waals surface area contributed by atoms with E-state index in [1.165, 1.54) is 6.08 Å². The van der Waals surface area contributed by atoms with Crippen LogP contribution in [0, 0.1) is 0 Å².